The van der Waals surface area contributed by atoms with E-state index in [4.69, 9.17) is 0 Å². The molecule has 0 aromatic carbocycles. The average molecular weight is 228 g/mol. The second kappa shape index (κ2) is 9.42. The molecule has 7 heteroatoms. The van der Waals surface area contributed by atoms with Crippen molar-refractivity contribution >= 4 is 18.1 Å². The molecule has 0 rings (SSSR count). The third-order valence-corrected chi connectivity index (χ3v) is 1.38. The summed E-state index contributed by atoms with van der Waals surface area (Å²) in [4.78, 5) is 30.9. The Balaban J connectivity index is 3.33. The molecule has 0 radical (unpaired) electrons. The number of hydrogen-bond donors (Lipinski definition) is 1. The van der Waals surface area contributed by atoms with Crippen molar-refractivity contribution in [3.8, 4) is 0 Å². The third kappa shape index (κ3) is 8.46. The quantitative estimate of drug-likeness (QED) is 0.171. The number of nitrogens with one attached hydrogen (secondary N) is 1. The lowest BCUT2D eigenvalue weighted by Gasteiger charge is -2.03. The van der Waals surface area contributed by atoms with Crippen molar-refractivity contribution in [2.24, 2.45) is 5.10 Å². The summed E-state index contributed by atoms with van der Waals surface area (Å²) >= 11 is 0. The highest BCUT2D eigenvalue weighted by Gasteiger charge is 1.99. The summed E-state index contributed by atoms with van der Waals surface area (Å²) in [7, 11) is 0. The lowest BCUT2D eigenvalue weighted by Crippen LogP contribution is -2.19. The summed E-state index contributed by atoms with van der Waals surface area (Å²) in [5, 5.41) is 2.81. The highest BCUT2D eigenvalue weighted by molar-refractivity contribution is 5.81. The maximum atomic E-state index is 10.7. The fraction of sp³-hybridized carbons (Fsp3) is 0.444. The number of hydrogen-bond acceptors (Lipinski definition) is 6. The SMILES string of the molecule is C=CC(=O)OCCCCOC(=O)NN=C=O. The predicted molar refractivity (Wildman–Crippen MR) is 53.0 cm³/mol. The normalized spacial score (nSPS) is 8.50. The Morgan fingerprint density at radius 3 is 2.50 bits per heavy atom. The van der Waals surface area contributed by atoms with E-state index in [0.717, 1.165) is 12.2 Å². The van der Waals surface area contributed by atoms with Crippen LogP contribution in [0.2, 0.25) is 0 Å². The van der Waals surface area contributed by atoms with Crippen molar-refractivity contribution in [1.82, 2.24) is 5.43 Å². The zero-order chi connectivity index (χ0) is 12.2. The molecular formula is C9H12N2O5. The Hall–Kier alpha value is -2.14. The summed E-state index contributed by atoms with van der Waals surface area (Å²) < 4.78 is 9.27. The molecule has 0 heterocycles. The third-order valence-electron chi connectivity index (χ3n) is 1.38. The Morgan fingerprint density at radius 1 is 1.31 bits per heavy atom. The lowest BCUT2D eigenvalue weighted by molar-refractivity contribution is -0.137. The molecule has 7 nitrogen and oxygen atoms in total. The van der Waals surface area contributed by atoms with E-state index >= 15 is 0 Å². The van der Waals surface area contributed by atoms with E-state index in [0.29, 0.717) is 12.8 Å². The van der Waals surface area contributed by atoms with E-state index in [9.17, 15) is 14.4 Å². The van der Waals surface area contributed by atoms with Gasteiger partial charge in [0.25, 0.3) is 6.08 Å². The predicted octanol–water partition coefficient (Wildman–Crippen LogP) is 0.473. The Kier molecular flexibility index (Phi) is 8.16. The van der Waals surface area contributed by atoms with Gasteiger partial charge in [-0.05, 0) is 12.8 Å². The molecule has 1 N–H and O–H groups in total. The van der Waals surface area contributed by atoms with Crippen molar-refractivity contribution in [3.05, 3.63) is 12.7 Å². The maximum Gasteiger partial charge on any atom is 0.428 e. The van der Waals surface area contributed by atoms with Gasteiger partial charge in [-0.15, -0.1) is 0 Å². The van der Waals surface area contributed by atoms with Gasteiger partial charge < -0.3 is 9.47 Å². The minimum absolute atomic E-state index is 0.145. The van der Waals surface area contributed by atoms with Gasteiger partial charge in [0.1, 0.15) is 0 Å². The van der Waals surface area contributed by atoms with Crippen LogP contribution in [0.3, 0.4) is 0 Å². The Labute approximate surface area is 92.1 Å². The minimum atomic E-state index is -0.827. The van der Waals surface area contributed by atoms with Gasteiger partial charge >= 0.3 is 12.1 Å². The second-order valence-corrected chi connectivity index (χ2v) is 2.53. The first-order valence-corrected chi connectivity index (χ1v) is 4.49. The van der Waals surface area contributed by atoms with E-state index in [2.05, 4.69) is 21.2 Å². The molecule has 1 amide bonds. The molecule has 88 valence electrons. The van der Waals surface area contributed by atoms with E-state index in [1.54, 1.807) is 5.43 Å². The largest absolute Gasteiger partial charge is 0.463 e. The van der Waals surface area contributed by atoms with Gasteiger partial charge in [-0.3, -0.25) is 0 Å². The number of nitrogens with zero attached hydrogens (tertiary/aromatic N) is 1. The summed E-state index contributed by atoms with van der Waals surface area (Å²) in [6.07, 6.45) is 2.46. The molecule has 0 unspecified atom stereocenters. The first-order valence-electron chi connectivity index (χ1n) is 4.49. The van der Waals surface area contributed by atoms with Gasteiger partial charge in [-0.2, -0.15) is 0 Å². The van der Waals surface area contributed by atoms with Gasteiger partial charge in [-0.1, -0.05) is 11.7 Å². The number of carbonyl (C=O) groups is 2. The average Bonchev–Trinajstić information content (AvgIpc) is 2.30. The number of ether oxygens (including phenoxy) is 2. The minimum Gasteiger partial charge on any atom is -0.463 e. The van der Waals surface area contributed by atoms with Gasteiger partial charge in [0.05, 0.1) is 13.2 Å². The van der Waals surface area contributed by atoms with Gasteiger partial charge in [-0.25, -0.2) is 19.8 Å². The fourth-order valence-electron chi connectivity index (χ4n) is 0.701. The summed E-state index contributed by atoms with van der Waals surface area (Å²) in [5.41, 5.74) is 1.79. The number of unbranched alkanes of at least 4 members (excludes halogenated alkanes) is 1. The van der Waals surface area contributed by atoms with Crippen molar-refractivity contribution in [2.75, 3.05) is 13.2 Å². The van der Waals surface area contributed by atoms with E-state index in [1.165, 1.54) is 0 Å². The van der Waals surface area contributed by atoms with Crippen LogP contribution >= 0.6 is 0 Å². The van der Waals surface area contributed by atoms with Crippen LogP contribution in [0.1, 0.15) is 12.8 Å². The molecular weight excluding hydrogens is 216 g/mol. The van der Waals surface area contributed by atoms with Crippen LogP contribution in [-0.2, 0) is 19.1 Å². The zero-order valence-electron chi connectivity index (χ0n) is 8.60. The summed E-state index contributed by atoms with van der Waals surface area (Å²) in [5.74, 6) is -0.487. The van der Waals surface area contributed by atoms with Crippen molar-refractivity contribution in [2.45, 2.75) is 12.8 Å². The standard InChI is InChI=1S/C9H12N2O5/c1-2-8(13)15-5-3-4-6-16-9(14)11-10-7-12/h2H,1,3-6H2,(H,11,14). The van der Waals surface area contributed by atoms with Gasteiger partial charge in [0.15, 0.2) is 0 Å². The molecule has 0 saturated heterocycles. The molecule has 0 spiro atoms. The van der Waals surface area contributed by atoms with Gasteiger partial charge in [0.2, 0.25) is 0 Å². The van der Waals surface area contributed by atoms with Crippen molar-refractivity contribution in [3.63, 3.8) is 0 Å². The van der Waals surface area contributed by atoms with Crippen LogP contribution in [0.15, 0.2) is 17.8 Å². The summed E-state index contributed by atoms with van der Waals surface area (Å²) in [6.45, 7) is 3.62. The molecule has 0 aromatic heterocycles. The van der Waals surface area contributed by atoms with Crippen LogP contribution in [0.4, 0.5) is 4.79 Å². The first kappa shape index (κ1) is 13.9. The number of hydrazone groups is 1. The zero-order valence-corrected chi connectivity index (χ0v) is 8.60. The number of carbonyl (C=O) groups excluding carboxylic acids is 3. The molecule has 0 atom stereocenters. The van der Waals surface area contributed by atoms with E-state index < -0.39 is 12.1 Å². The molecule has 0 fully saturated rings. The number of rotatable bonds is 7. The van der Waals surface area contributed by atoms with E-state index in [1.807, 2.05) is 0 Å². The summed E-state index contributed by atoms with van der Waals surface area (Å²) in [6, 6.07) is 0. The van der Waals surface area contributed by atoms with E-state index in [-0.39, 0.29) is 13.2 Å². The molecule has 0 aliphatic carbocycles. The fourth-order valence-corrected chi connectivity index (χ4v) is 0.701. The Morgan fingerprint density at radius 2 is 1.94 bits per heavy atom. The van der Waals surface area contributed by atoms with Gasteiger partial charge in [0, 0.05) is 6.08 Å². The molecule has 0 bridgehead atoms. The number of amides is 1. The topological polar surface area (TPSA) is 94.1 Å². The molecule has 0 aromatic rings. The molecule has 0 aliphatic rings. The Bertz CT molecular complexity index is 296. The molecule has 0 saturated carbocycles. The van der Waals surface area contributed by atoms with Crippen LogP contribution in [0, 0.1) is 0 Å². The second-order valence-electron chi connectivity index (χ2n) is 2.53. The first-order chi connectivity index (χ1) is 7.70. The molecule has 16 heavy (non-hydrogen) atoms. The van der Waals surface area contributed by atoms with Crippen LogP contribution in [0.5, 0.6) is 0 Å². The van der Waals surface area contributed by atoms with Crippen molar-refractivity contribution < 1.29 is 23.9 Å². The maximum absolute atomic E-state index is 10.7. The molecule has 0 aliphatic heterocycles. The smallest absolute Gasteiger partial charge is 0.428 e. The lowest BCUT2D eigenvalue weighted by atomic mass is 10.3. The monoisotopic (exact) mass is 228 g/mol. The number of isocyanates is 1. The highest BCUT2D eigenvalue weighted by Crippen LogP contribution is 1.92. The van der Waals surface area contributed by atoms with Crippen LogP contribution in [-0.4, -0.2) is 31.4 Å². The number of esters is 1. The van der Waals surface area contributed by atoms with Crippen LogP contribution < -0.4 is 5.43 Å². The van der Waals surface area contributed by atoms with Crippen molar-refractivity contribution in [1.29, 1.82) is 0 Å². The van der Waals surface area contributed by atoms with Crippen LogP contribution in [0.25, 0.3) is 0 Å². The highest BCUT2D eigenvalue weighted by atomic mass is 16.6.